The molecule has 1 fully saturated rings. The Hall–Kier alpha value is -1.47. The molecular weight excluding hydrogens is 172 g/mol. The van der Waals surface area contributed by atoms with Gasteiger partial charge in [0.1, 0.15) is 0 Å². The third-order valence-corrected chi connectivity index (χ3v) is 2.75. The molecular formula is C13H12O. The van der Waals surface area contributed by atoms with Crippen molar-refractivity contribution in [2.75, 3.05) is 0 Å². The van der Waals surface area contributed by atoms with Gasteiger partial charge in [0.2, 0.25) is 0 Å². The summed E-state index contributed by atoms with van der Waals surface area (Å²) >= 11 is 0. The van der Waals surface area contributed by atoms with E-state index in [0.717, 1.165) is 19.3 Å². The van der Waals surface area contributed by atoms with Crippen LogP contribution in [0.2, 0.25) is 0 Å². The number of carbonyl (C=O) groups is 1. The average Bonchev–Trinajstić information content (AvgIpc) is 2.18. The molecule has 14 heavy (non-hydrogen) atoms. The van der Waals surface area contributed by atoms with Crippen LogP contribution in [0.3, 0.4) is 0 Å². The van der Waals surface area contributed by atoms with Crippen molar-refractivity contribution in [2.45, 2.75) is 25.7 Å². The zero-order valence-corrected chi connectivity index (χ0v) is 8.05. The highest BCUT2D eigenvalue weighted by Gasteiger charge is 2.29. The lowest BCUT2D eigenvalue weighted by atomic mass is 9.79. The summed E-state index contributed by atoms with van der Waals surface area (Å²) in [7, 11) is 0. The zero-order valence-electron chi connectivity index (χ0n) is 8.05. The molecule has 0 N–H and O–H groups in total. The lowest BCUT2D eigenvalue weighted by Crippen LogP contribution is -2.27. The molecule has 0 aromatic rings. The highest BCUT2D eigenvalue weighted by atomic mass is 16.1. The highest BCUT2D eigenvalue weighted by Crippen LogP contribution is 2.27. The molecule has 2 bridgehead atoms. The van der Waals surface area contributed by atoms with Crippen molar-refractivity contribution in [3.63, 3.8) is 0 Å². The molecule has 1 heteroatoms. The molecule has 0 saturated heterocycles. The van der Waals surface area contributed by atoms with E-state index in [1.165, 1.54) is 0 Å². The van der Waals surface area contributed by atoms with Crippen LogP contribution in [0.5, 0.6) is 0 Å². The second kappa shape index (κ2) is 4.16. The molecule has 2 aliphatic rings. The molecule has 0 aromatic heterocycles. The normalized spacial score (nSPS) is 29.6. The maximum Gasteiger partial charge on any atom is 0.151 e. The maximum absolute atomic E-state index is 11.9. The van der Waals surface area contributed by atoms with Crippen molar-refractivity contribution >= 4 is 5.78 Å². The van der Waals surface area contributed by atoms with Gasteiger partial charge in [0.05, 0.1) is 5.92 Å². The topological polar surface area (TPSA) is 17.1 Å². The van der Waals surface area contributed by atoms with Gasteiger partial charge in [-0.1, -0.05) is 30.1 Å². The zero-order chi connectivity index (χ0) is 9.80. The number of fused-ring (bicyclic) bond motifs is 2. The van der Waals surface area contributed by atoms with Crippen LogP contribution in [-0.2, 0) is 4.79 Å². The third-order valence-electron chi connectivity index (χ3n) is 2.75. The summed E-state index contributed by atoms with van der Waals surface area (Å²) in [5.74, 6) is 12.2. The monoisotopic (exact) mass is 184 g/mol. The molecule has 0 radical (unpaired) electrons. The van der Waals surface area contributed by atoms with Gasteiger partial charge >= 0.3 is 0 Å². The van der Waals surface area contributed by atoms with Gasteiger partial charge in [0, 0.05) is 12.3 Å². The summed E-state index contributed by atoms with van der Waals surface area (Å²) in [6, 6.07) is 0. The Labute approximate surface area is 84.6 Å². The van der Waals surface area contributed by atoms with Crippen LogP contribution in [0.1, 0.15) is 25.7 Å². The molecule has 1 saturated carbocycles. The number of carbonyl (C=O) groups excluding carboxylic acids is 1. The Morgan fingerprint density at radius 3 is 3.00 bits per heavy atom. The Bertz CT molecular complexity index is 381. The largest absolute Gasteiger partial charge is 0.298 e. The van der Waals surface area contributed by atoms with Crippen molar-refractivity contribution < 1.29 is 4.79 Å². The number of ketones is 1. The van der Waals surface area contributed by atoms with E-state index in [-0.39, 0.29) is 11.8 Å². The third kappa shape index (κ3) is 1.88. The SMILES string of the molecule is O=C1C2C#CC=CC#CCC1CCC2. The van der Waals surface area contributed by atoms with Gasteiger partial charge in [-0.3, -0.25) is 4.79 Å². The Balaban J connectivity index is 2.27. The van der Waals surface area contributed by atoms with E-state index in [2.05, 4.69) is 23.7 Å². The molecule has 2 aliphatic carbocycles. The number of hydrogen-bond acceptors (Lipinski definition) is 1. The number of Topliss-reactive ketones (excluding diaryl/α,β-unsaturated/α-hetero) is 1. The predicted molar refractivity (Wildman–Crippen MR) is 55.1 cm³/mol. The van der Waals surface area contributed by atoms with Crippen LogP contribution in [0.15, 0.2) is 12.2 Å². The van der Waals surface area contributed by atoms with Gasteiger partial charge in [-0.2, -0.15) is 0 Å². The van der Waals surface area contributed by atoms with Crippen LogP contribution in [0.25, 0.3) is 0 Å². The van der Waals surface area contributed by atoms with E-state index in [1.807, 2.05) is 0 Å². The van der Waals surface area contributed by atoms with Crippen LogP contribution in [0, 0.1) is 35.5 Å². The summed E-state index contributed by atoms with van der Waals surface area (Å²) < 4.78 is 0. The van der Waals surface area contributed by atoms with Crippen LogP contribution >= 0.6 is 0 Å². The second-order valence-electron chi connectivity index (χ2n) is 3.73. The van der Waals surface area contributed by atoms with Crippen molar-refractivity contribution in [1.29, 1.82) is 0 Å². The average molecular weight is 184 g/mol. The van der Waals surface area contributed by atoms with E-state index in [0.29, 0.717) is 12.2 Å². The van der Waals surface area contributed by atoms with Gasteiger partial charge in [0.25, 0.3) is 0 Å². The minimum Gasteiger partial charge on any atom is -0.298 e. The fourth-order valence-electron chi connectivity index (χ4n) is 1.96. The fourth-order valence-corrected chi connectivity index (χ4v) is 1.96. The number of rotatable bonds is 0. The molecule has 0 aliphatic heterocycles. The van der Waals surface area contributed by atoms with E-state index in [4.69, 9.17) is 0 Å². The van der Waals surface area contributed by atoms with Crippen molar-refractivity contribution in [1.82, 2.24) is 0 Å². The van der Waals surface area contributed by atoms with Gasteiger partial charge in [-0.25, -0.2) is 0 Å². The van der Waals surface area contributed by atoms with E-state index in [9.17, 15) is 4.79 Å². The van der Waals surface area contributed by atoms with Crippen molar-refractivity contribution in [2.24, 2.45) is 11.8 Å². The predicted octanol–water partition coefficient (Wildman–Crippen LogP) is 1.94. The van der Waals surface area contributed by atoms with E-state index in [1.54, 1.807) is 12.2 Å². The smallest absolute Gasteiger partial charge is 0.151 e. The molecule has 0 heterocycles. The lowest BCUT2D eigenvalue weighted by molar-refractivity contribution is -0.127. The summed E-state index contributed by atoms with van der Waals surface area (Å²) in [5.41, 5.74) is 0. The second-order valence-corrected chi connectivity index (χ2v) is 3.73. The summed E-state index contributed by atoms with van der Waals surface area (Å²) in [6.07, 6.45) is 7.25. The van der Waals surface area contributed by atoms with Crippen LogP contribution < -0.4 is 0 Å². The minimum absolute atomic E-state index is 0.0294. The summed E-state index contributed by atoms with van der Waals surface area (Å²) in [5, 5.41) is 0. The first-order chi connectivity index (χ1) is 6.88. The first-order valence-corrected chi connectivity index (χ1v) is 5.06. The highest BCUT2D eigenvalue weighted by molar-refractivity contribution is 5.87. The van der Waals surface area contributed by atoms with Crippen molar-refractivity contribution in [3.05, 3.63) is 12.2 Å². The number of hydrogen-bond donors (Lipinski definition) is 0. The first-order valence-electron chi connectivity index (χ1n) is 5.06. The van der Waals surface area contributed by atoms with Gasteiger partial charge in [-0.15, -0.1) is 0 Å². The Morgan fingerprint density at radius 2 is 2.07 bits per heavy atom. The standard InChI is InChI=1S/C13H12O/c14-13-11-7-4-2-1-3-5-8-12(13)10-6-9-11/h1-2,11-12H,6,8-10H2. The molecule has 2 atom stereocenters. The van der Waals surface area contributed by atoms with Crippen LogP contribution in [-0.4, -0.2) is 5.78 Å². The Kier molecular flexibility index (Phi) is 2.70. The Morgan fingerprint density at radius 1 is 1.21 bits per heavy atom. The molecule has 2 rings (SSSR count). The molecule has 1 nitrogen and oxygen atoms in total. The van der Waals surface area contributed by atoms with E-state index >= 15 is 0 Å². The lowest BCUT2D eigenvalue weighted by Gasteiger charge is -2.23. The van der Waals surface area contributed by atoms with Gasteiger partial charge in [-0.05, 0) is 25.0 Å². The summed E-state index contributed by atoms with van der Waals surface area (Å²) in [4.78, 5) is 11.9. The van der Waals surface area contributed by atoms with Gasteiger partial charge in [0.15, 0.2) is 5.78 Å². The number of allylic oxidation sites excluding steroid dienone is 2. The minimum atomic E-state index is -0.0294. The first kappa shape index (κ1) is 9.10. The molecule has 0 amide bonds. The summed E-state index contributed by atoms with van der Waals surface area (Å²) in [6.45, 7) is 0. The maximum atomic E-state index is 11.9. The molecule has 0 spiro atoms. The van der Waals surface area contributed by atoms with Gasteiger partial charge < -0.3 is 0 Å². The molecule has 70 valence electrons. The van der Waals surface area contributed by atoms with E-state index < -0.39 is 0 Å². The quantitative estimate of drug-likeness (QED) is 0.526. The van der Waals surface area contributed by atoms with Crippen molar-refractivity contribution in [3.8, 4) is 23.7 Å². The fraction of sp³-hybridized carbons (Fsp3) is 0.462. The molecule has 0 aromatic carbocycles. The van der Waals surface area contributed by atoms with Crippen LogP contribution in [0.4, 0.5) is 0 Å². The molecule has 2 unspecified atom stereocenters.